The van der Waals surface area contributed by atoms with Crippen molar-refractivity contribution < 1.29 is 4.42 Å². The highest BCUT2D eigenvalue weighted by Gasteiger charge is 2.54. The summed E-state index contributed by atoms with van der Waals surface area (Å²) < 4.78 is 6.37. The van der Waals surface area contributed by atoms with Crippen LogP contribution in [0, 0.1) is 0 Å². The van der Waals surface area contributed by atoms with E-state index in [1.54, 1.807) is 0 Å². The number of benzene rings is 4. The van der Waals surface area contributed by atoms with Gasteiger partial charge < -0.3 is 9.73 Å². The number of furan rings is 1. The molecule has 4 aromatic carbocycles. The van der Waals surface area contributed by atoms with Crippen molar-refractivity contribution >= 4 is 11.4 Å². The maximum Gasteiger partial charge on any atom is 0.131 e. The zero-order valence-electron chi connectivity index (χ0n) is 20.2. The van der Waals surface area contributed by atoms with Crippen LogP contribution in [0.3, 0.4) is 0 Å². The lowest BCUT2D eigenvalue weighted by Crippen LogP contribution is -2.26. The molecule has 0 aliphatic heterocycles. The average Bonchev–Trinajstić information content (AvgIpc) is 3.52. The van der Waals surface area contributed by atoms with E-state index in [0.29, 0.717) is 0 Å². The monoisotopic (exact) mass is 453 g/mol. The van der Waals surface area contributed by atoms with E-state index in [-0.39, 0.29) is 5.41 Å². The second-order valence-electron chi connectivity index (χ2n) is 10.7. The number of rotatable bonds is 2. The Bertz CT molecular complexity index is 1600. The van der Waals surface area contributed by atoms with Crippen LogP contribution in [0.2, 0.25) is 0 Å². The molecule has 0 amide bonds. The van der Waals surface area contributed by atoms with Crippen molar-refractivity contribution in [1.82, 2.24) is 0 Å². The summed E-state index contributed by atoms with van der Waals surface area (Å²) in [5.74, 6) is 1.03. The van der Waals surface area contributed by atoms with Crippen molar-refractivity contribution in [2.45, 2.75) is 31.6 Å². The van der Waals surface area contributed by atoms with Crippen LogP contribution in [-0.4, -0.2) is 0 Å². The highest BCUT2D eigenvalue weighted by molar-refractivity contribution is 5.94. The summed E-state index contributed by atoms with van der Waals surface area (Å²) in [6.45, 7) is 6.85. The molecular formula is C33H27NO. The van der Waals surface area contributed by atoms with Gasteiger partial charge in [-0.05, 0) is 74.7 Å². The summed E-state index contributed by atoms with van der Waals surface area (Å²) in [5, 5.41) is 3.61. The molecule has 1 N–H and O–H groups in total. The summed E-state index contributed by atoms with van der Waals surface area (Å²) >= 11 is 0. The van der Waals surface area contributed by atoms with Crippen LogP contribution in [0.1, 0.15) is 48.8 Å². The molecule has 170 valence electrons. The molecule has 35 heavy (non-hydrogen) atoms. The topological polar surface area (TPSA) is 25.2 Å². The fraction of sp³-hybridized carbons (Fsp3) is 0.152. The molecule has 0 saturated carbocycles. The fourth-order valence-corrected chi connectivity index (χ4v) is 6.07. The van der Waals surface area contributed by atoms with Gasteiger partial charge in [0, 0.05) is 16.9 Å². The Balaban J connectivity index is 1.54. The third kappa shape index (κ3) is 2.71. The number of hydrogen-bond donors (Lipinski definition) is 1. The first kappa shape index (κ1) is 20.3. The van der Waals surface area contributed by atoms with Gasteiger partial charge in [-0.15, -0.1) is 0 Å². The molecule has 2 aliphatic rings. The highest BCUT2D eigenvalue weighted by Crippen LogP contribution is 2.63. The van der Waals surface area contributed by atoms with Gasteiger partial charge in [-0.2, -0.15) is 0 Å². The minimum Gasteiger partial charge on any atom is -0.467 e. The van der Waals surface area contributed by atoms with E-state index in [9.17, 15) is 0 Å². The van der Waals surface area contributed by atoms with Gasteiger partial charge in [0.15, 0.2) is 0 Å². The molecule has 1 atom stereocenters. The van der Waals surface area contributed by atoms with Crippen molar-refractivity contribution in [2.75, 3.05) is 5.32 Å². The van der Waals surface area contributed by atoms with Crippen molar-refractivity contribution in [1.29, 1.82) is 0 Å². The van der Waals surface area contributed by atoms with E-state index in [1.165, 1.54) is 44.5 Å². The third-order valence-corrected chi connectivity index (χ3v) is 7.69. The van der Waals surface area contributed by atoms with Crippen LogP contribution in [0.25, 0.3) is 22.3 Å². The molecule has 1 unspecified atom stereocenters. The predicted octanol–water partition coefficient (Wildman–Crippen LogP) is 8.66. The number of hydrogen-bond acceptors (Lipinski definition) is 2. The third-order valence-electron chi connectivity index (χ3n) is 7.69. The summed E-state index contributed by atoms with van der Waals surface area (Å²) in [6, 6.07) is 35.1. The Morgan fingerprint density at radius 3 is 2.11 bits per heavy atom. The maximum atomic E-state index is 6.37. The quantitative estimate of drug-likeness (QED) is 0.283. The molecule has 0 saturated heterocycles. The fourth-order valence-electron chi connectivity index (χ4n) is 6.07. The predicted molar refractivity (Wildman–Crippen MR) is 143 cm³/mol. The second-order valence-corrected chi connectivity index (χ2v) is 10.7. The second kappa shape index (κ2) is 6.99. The van der Waals surface area contributed by atoms with Crippen LogP contribution in [0.15, 0.2) is 108 Å². The average molecular weight is 454 g/mol. The van der Waals surface area contributed by atoms with E-state index in [1.807, 2.05) is 12.3 Å². The first-order valence-electron chi connectivity index (χ1n) is 12.3. The van der Waals surface area contributed by atoms with Gasteiger partial charge in [0.05, 0.1) is 6.26 Å². The molecule has 1 aromatic heterocycles. The van der Waals surface area contributed by atoms with Crippen molar-refractivity contribution in [3.8, 4) is 22.3 Å². The Morgan fingerprint density at radius 1 is 0.600 bits per heavy atom. The molecule has 1 heterocycles. The normalized spacial score (nSPS) is 17.1. The molecule has 0 radical (unpaired) electrons. The van der Waals surface area contributed by atoms with Gasteiger partial charge in [0.2, 0.25) is 0 Å². The van der Waals surface area contributed by atoms with Gasteiger partial charge in [0.1, 0.15) is 11.2 Å². The zero-order chi connectivity index (χ0) is 23.8. The number of para-hydroxylation sites is 1. The molecule has 5 aromatic rings. The van der Waals surface area contributed by atoms with Crippen molar-refractivity contribution in [3.05, 3.63) is 131 Å². The first-order chi connectivity index (χ1) is 17.0. The summed E-state index contributed by atoms with van der Waals surface area (Å²) in [7, 11) is 0. The van der Waals surface area contributed by atoms with Gasteiger partial charge in [0.25, 0.3) is 0 Å². The zero-order valence-corrected chi connectivity index (χ0v) is 20.2. The molecule has 1 spiro atoms. The summed E-state index contributed by atoms with van der Waals surface area (Å²) in [6.07, 6.45) is 1.85. The Morgan fingerprint density at radius 2 is 1.29 bits per heavy atom. The Labute approximate surface area is 206 Å². The van der Waals surface area contributed by atoms with Gasteiger partial charge in [-0.3, -0.25) is 0 Å². The van der Waals surface area contributed by atoms with E-state index in [2.05, 4.69) is 117 Å². The smallest absolute Gasteiger partial charge is 0.131 e. The van der Waals surface area contributed by atoms with Crippen LogP contribution in [0.5, 0.6) is 0 Å². The summed E-state index contributed by atoms with van der Waals surface area (Å²) in [5.41, 5.74) is 12.0. The highest BCUT2D eigenvalue weighted by atomic mass is 16.3. The van der Waals surface area contributed by atoms with Crippen LogP contribution in [-0.2, 0) is 10.8 Å². The minimum atomic E-state index is -0.463. The lowest BCUT2D eigenvalue weighted by molar-refractivity contribution is 0.473. The molecular weight excluding hydrogens is 426 g/mol. The lowest BCUT2D eigenvalue weighted by Gasteiger charge is -2.30. The van der Waals surface area contributed by atoms with Gasteiger partial charge in [-0.25, -0.2) is 0 Å². The molecule has 2 nitrogen and oxygen atoms in total. The van der Waals surface area contributed by atoms with E-state index >= 15 is 0 Å². The van der Waals surface area contributed by atoms with Crippen LogP contribution in [0.4, 0.5) is 11.4 Å². The number of fused-ring (bicyclic) bond motifs is 10. The SMILES string of the molecule is CC(C)(C)c1ccc2c(c1)C1(c3ccccc3-2)c2cc(Nc3ccccc3)ccc2-c2ccoc21. The van der Waals surface area contributed by atoms with E-state index in [4.69, 9.17) is 4.42 Å². The van der Waals surface area contributed by atoms with Gasteiger partial charge in [-0.1, -0.05) is 87.5 Å². The summed E-state index contributed by atoms with van der Waals surface area (Å²) in [4.78, 5) is 0. The Hall–Kier alpha value is -4.04. The minimum absolute atomic E-state index is 0.0507. The van der Waals surface area contributed by atoms with Crippen molar-refractivity contribution in [2.24, 2.45) is 0 Å². The van der Waals surface area contributed by atoms with Crippen molar-refractivity contribution in [3.63, 3.8) is 0 Å². The lowest BCUT2D eigenvalue weighted by atomic mass is 9.72. The molecule has 2 heteroatoms. The van der Waals surface area contributed by atoms with Gasteiger partial charge >= 0.3 is 0 Å². The van der Waals surface area contributed by atoms with E-state index < -0.39 is 5.41 Å². The molecule has 0 fully saturated rings. The van der Waals surface area contributed by atoms with Crippen LogP contribution >= 0.6 is 0 Å². The largest absolute Gasteiger partial charge is 0.467 e. The first-order valence-corrected chi connectivity index (χ1v) is 12.3. The maximum absolute atomic E-state index is 6.37. The molecule has 2 aliphatic carbocycles. The molecule has 0 bridgehead atoms. The molecule has 7 rings (SSSR count). The standard InChI is InChI=1S/C33H27NO/c1-32(2,3)21-13-15-25-24-11-7-8-12-28(24)33(29(25)19-21)30-20-23(34-22-9-5-4-6-10-22)14-16-26(30)27-17-18-35-31(27)33/h4-20,34H,1-3H3. The Kier molecular flexibility index (Phi) is 4.06. The van der Waals surface area contributed by atoms with E-state index in [0.717, 1.165) is 17.1 Å². The van der Waals surface area contributed by atoms with Crippen LogP contribution < -0.4 is 5.32 Å². The number of anilines is 2. The number of nitrogens with one attached hydrogen (secondary N) is 1.